The number of aliphatic imine (C=N–C) groups is 1. The number of hydrogen-bond acceptors (Lipinski definition) is 2. The first kappa shape index (κ1) is 13.4. The number of rotatable bonds is 3. The minimum absolute atomic E-state index is 0. The number of ether oxygens (including phenoxy) is 1. The van der Waals surface area contributed by atoms with Crippen molar-refractivity contribution in [3.8, 4) is 5.75 Å². The van der Waals surface area contributed by atoms with Crippen LogP contribution in [0.15, 0.2) is 23.2 Å². The third-order valence-corrected chi connectivity index (χ3v) is 3.55. The third kappa shape index (κ3) is 2.85. The Morgan fingerprint density at radius 3 is 2.94 bits per heavy atom. The molecule has 1 heterocycles. The first-order chi connectivity index (χ1) is 8.43. The summed E-state index contributed by atoms with van der Waals surface area (Å²) in [6.07, 6.45) is 4.98. The van der Waals surface area contributed by atoms with Crippen LogP contribution >= 0.6 is 0 Å². The predicted molar refractivity (Wildman–Crippen MR) is 67.7 cm³/mol. The molecule has 3 rings (SSSR count). The number of nitrogens with two attached hydrogens (primary N) is 1. The van der Waals surface area contributed by atoms with Crippen LogP contribution in [0.2, 0.25) is 0 Å². The van der Waals surface area contributed by atoms with Crippen molar-refractivity contribution in [3.63, 3.8) is 0 Å². The molecule has 0 saturated carbocycles. The van der Waals surface area contributed by atoms with Gasteiger partial charge in [0.05, 0.1) is 6.54 Å². The highest BCUT2D eigenvalue weighted by Crippen LogP contribution is 2.29. The molecule has 0 saturated heterocycles. The van der Waals surface area contributed by atoms with Crippen molar-refractivity contribution >= 4 is 5.84 Å². The summed E-state index contributed by atoms with van der Waals surface area (Å²) in [5, 5.41) is 2.18. The number of fused-ring (bicyclic) bond motifs is 1. The van der Waals surface area contributed by atoms with Gasteiger partial charge >= 0.3 is 0 Å². The lowest BCUT2D eigenvalue weighted by Crippen LogP contribution is -3.00. The number of halogens is 1. The van der Waals surface area contributed by atoms with Crippen molar-refractivity contribution in [2.45, 2.75) is 25.7 Å². The lowest BCUT2D eigenvalue weighted by atomic mass is 9.91. The van der Waals surface area contributed by atoms with Crippen LogP contribution in [0.25, 0.3) is 0 Å². The molecule has 2 N–H and O–H groups in total. The predicted octanol–water partition coefficient (Wildman–Crippen LogP) is -2.08. The average Bonchev–Trinajstić information content (AvgIpc) is 2.89. The average molecular weight is 267 g/mol. The Morgan fingerprint density at radius 2 is 2.11 bits per heavy atom. The van der Waals surface area contributed by atoms with E-state index in [0.29, 0.717) is 6.61 Å². The Labute approximate surface area is 114 Å². The first-order valence-electron chi connectivity index (χ1n) is 6.53. The van der Waals surface area contributed by atoms with Crippen molar-refractivity contribution < 1.29 is 22.5 Å². The molecule has 3 nitrogen and oxygen atoms in total. The van der Waals surface area contributed by atoms with E-state index in [2.05, 4.69) is 28.5 Å². The minimum atomic E-state index is 0. The SMILES string of the molecule is [Cl-].c1cc2c(c(OCC3=NCC[NH2+]3)c1)CCCC2. The molecule has 0 bridgehead atoms. The molecule has 0 amide bonds. The summed E-state index contributed by atoms with van der Waals surface area (Å²) in [6.45, 7) is 2.65. The van der Waals surface area contributed by atoms with E-state index in [1.165, 1.54) is 36.8 Å². The van der Waals surface area contributed by atoms with Gasteiger partial charge in [-0.1, -0.05) is 12.1 Å². The Balaban J connectivity index is 0.00000120. The van der Waals surface area contributed by atoms with E-state index in [0.717, 1.165) is 24.7 Å². The van der Waals surface area contributed by atoms with E-state index in [9.17, 15) is 0 Å². The molecular weight excluding hydrogens is 248 g/mol. The van der Waals surface area contributed by atoms with Gasteiger partial charge in [0, 0.05) is 0 Å². The molecule has 98 valence electrons. The Morgan fingerprint density at radius 1 is 1.22 bits per heavy atom. The van der Waals surface area contributed by atoms with Crippen molar-refractivity contribution in [1.29, 1.82) is 0 Å². The molecule has 18 heavy (non-hydrogen) atoms. The van der Waals surface area contributed by atoms with Gasteiger partial charge in [-0.05, 0) is 42.9 Å². The standard InChI is InChI=1S/C14H18N2O.ClH/c1-2-6-12-11(4-1)5-3-7-13(12)17-10-14-15-8-9-16-14;/h3,5,7H,1-2,4,6,8-10H2,(H,15,16);1H. The zero-order valence-corrected chi connectivity index (χ0v) is 11.2. The summed E-state index contributed by atoms with van der Waals surface area (Å²) in [7, 11) is 0. The van der Waals surface area contributed by atoms with Crippen LogP contribution in [0.1, 0.15) is 24.0 Å². The largest absolute Gasteiger partial charge is 1.00 e. The molecule has 4 heteroatoms. The molecule has 1 aliphatic heterocycles. The fourth-order valence-electron chi connectivity index (χ4n) is 2.64. The van der Waals surface area contributed by atoms with Crippen molar-refractivity contribution in [3.05, 3.63) is 29.3 Å². The fourth-order valence-corrected chi connectivity index (χ4v) is 2.64. The molecule has 0 radical (unpaired) electrons. The van der Waals surface area contributed by atoms with Crippen molar-refractivity contribution in [1.82, 2.24) is 0 Å². The van der Waals surface area contributed by atoms with Crippen molar-refractivity contribution in [2.75, 3.05) is 19.7 Å². The normalized spacial score (nSPS) is 17.7. The van der Waals surface area contributed by atoms with Crippen LogP contribution in [-0.2, 0) is 12.8 Å². The van der Waals surface area contributed by atoms with Gasteiger partial charge in [-0.25, -0.2) is 4.99 Å². The van der Waals surface area contributed by atoms with Crippen molar-refractivity contribution in [2.24, 2.45) is 4.99 Å². The highest BCUT2D eigenvalue weighted by atomic mass is 35.5. The van der Waals surface area contributed by atoms with Crippen LogP contribution < -0.4 is 22.5 Å². The maximum atomic E-state index is 5.93. The van der Waals surface area contributed by atoms with E-state index < -0.39 is 0 Å². The van der Waals surface area contributed by atoms with E-state index >= 15 is 0 Å². The van der Waals surface area contributed by atoms with Gasteiger partial charge in [0.25, 0.3) is 0 Å². The third-order valence-electron chi connectivity index (χ3n) is 3.55. The number of aryl methyl sites for hydroxylation is 1. The number of hydrogen-bond donors (Lipinski definition) is 1. The Hall–Kier alpha value is -1.06. The van der Waals surface area contributed by atoms with E-state index in [4.69, 9.17) is 4.74 Å². The first-order valence-corrected chi connectivity index (χ1v) is 6.53. The fraction of sp³-hybridized carbons (Fsp3) is 0.500. The maximum Gasteiger partial charge on any atom is 0.233 e. The zero-order chi connectivity index (χ0) is 11.5. The van der Waals surface area contributed by atoms with Crippen LogP contribution in [0, 0.1) is 0 Å². The quantitative estimate of drug-likeness (QED) is 0.670. The second-order valence-electron chi connectivity index (χ2n) is 4.76. The van der Waals surface area contributed by atoms with E-state index in [1.54, 1.807) is 0 Å². The smallest absolute Gasteiger partial charge is 0.233 e. The second kappa shape index (κ2) is 6.21. The molecule has 2 aliphatic rings. The monoisotopic (exact) mass is 266 g/mol. The van der Waals surface area contributed by atoms with E-state index in [-0.39, 0.29) is 12.4 Å². The number of nitrogens with zero attached hydrogens (tertiary/aromatic N) is 1. The molecule has 0 unspecified atom stereocenters. The summed E-state index contributed by atoms with van der Waals surface area (Å²) in [5.74, 6) is 2.18. The number of benzene rings is 1. The molecule has 0 spiro atoms. The molecule has 1 aromatic rings. The molecule has 0 fully saturated rings. The van der Waals surface area contributed by atoms with Gasteiger partial charge in [0.2, 0.25) is 5.84 Å². The topological polar surface area (TPSA) is 38.2 Å². The highest BCUT2D eigenvalue weighted by molar-refractivity contribution is 5.75. The molecule has 0 aromatic heterocycles. The molecule has 1 aromatic carbocycles. The van der Waals surface area contributed by atoms with Crippen LogP contribution in [0.5, 0.6) is 5.75 Å². The Kier molecular flexibility index (Phi) is 4.61. The van der Waals surface area contributed by atoms with Crippen LogP contribution in [0.3, 0.4) is 0 Å². The number of amidine groups is 1. The van der Waals surface area contributed by atoms with Gasteiger partial charge in [-0.3, -0.25) is 5.32 Å². The second-order valence-corrected chi connectivity index (χ2v) is 4.76. The summed E-state index contributed by atoms with van der Waals surface area (Å²) in [6, 6.07) is 6.44. The maximum absolute atomic E-state index is 5.93. The van der Waals surface area contributed by atoms with Gasteiger partial charge in [0.1, 0.15) is 12.3 Å². The summed E-state index contributed by atoms with van der Waals surface area (Å²) >= 11 is 0. The highest BCUT2D eigenvalue weighted by Gasteiger charge is 2.16. The zero-order valence-electron chi connectivity index (χ0n) is 10.5. The summed E-state index contributed by atoms with van der Waals surface area (Å²) < 4.78 is 5.93. The molecule has 0 atom stereocenters. The summed E-state index contributed by atoms with van der Waals surface area (Å²) in [5.41, 5.74) is 2.91. The molecule has 1 aliphatic carbocycles. The number of quaternary nitrogens is 1. The summed E-state index contributed by atoms with van der Waals surface area (Å²) in [4.78, 5) is 4.40. The van der Waals surface area contributed by atoms with Crippen LogP contribution in [0.4, 0.5) is 0 Å². The van der Waals surface area contributed by atoms with Gasteiger partial charge in [-0.15, -0.1) is 0 Å². The lowest BCUT2D eigenvalue weighted by Gasteiger charge is -2.19. The van der Waals surface area contributed by atoms with Gasteiger partial charge in [0.15, 0.2) is 6.61 Å². The minimum Gasteiger partial charge on any atom is -1.00 e. The van der Waals surface area contributed by atoms with E-state index in [1.807, 2.05) is 0 Å². The van der Waals surface area contributed by atoms with Gasteiger partial charge < -0.3 is 17.1 Å². The lowest BCUT2D eigenvalue weighted by molar-refractivity contribution is -0.530. The van der Waals surface area contributed by atoms with Gasteiger partial charge in [-0.2, -0.15) is 0 Å². The molecular formula is C14H19ClN2O. The Bertz CT molecular complexity index is 445. The van der Waals surface area contributed by atoms with Crippen LogP contribution in [-0.4, -0.2) is 25.5 Å².